The highest BCUT2D eigenvalue weighted by molar-refractivity contribution is 8.15. The number of terminal acetylenes is 1. The van der Waals surface area contributed by atoms with Gasteiger partial charge >= 0.3 is 0 Å². The number of amides is 1. The topological polar surface area (TPSA) is 93.7 Å². The first kappa shape index (κ1) is 25.1. The maximum Gasteiger partial charge on any atom is 0.239 e. The van der Waals surface area contributed by atoms with Crippen LogP contribution in [0.5, 0.6) is 5.88 Å². The highest BCUT2D eigenvalue weighted by Gasteiger charge is 2.71. The minimum Gasteiger partial charge on any atom is -0.463 e. The molecular weight excluding hydrogens is 503 g/mol. The number of carbonyl (C=O) groups excluding carboxylic acids is 1. The molecule has 11 heteroatoms. The van der Waals surface area contributed by atoms with Gasteiger partial charge in [0.05, 0.1) is 24.5 Å². The maximum atomic E-state index is 15.2. The van der Waals surface area contributed by atoms with Crippen LogP contribution in [0.4, 0.5) is 13.2 Å². The smallest absolute Gasteiger partial charge is 0.239 e. The molecule has 2 aliphatic heterocycles. The number of fused-ring (bicyclic) bond motifs is 1. The zero-order chi connectivity index (χ0) is 26.4. The molecule has 37 heavy (non-hydrogen) atoms. The van der Waals surface area contributed by atoms with Gasteiger partial charge < -0.3 is 15.4 Å². The van der Waals surface area contributed by atoms with Gasteiger partial charge in [0.2, 0.25) is 11.8 Å². The summed E-state index contributed by atoms with van der Waals surface area (Å²) in [4.78, 5) is 27.4. The standard InChI is InChI=1S/C26H24F3N5O2S/c1-3-8-36-22-13-31-20(12-32-22)19(29)10-15-4-5-18(28)17(9-15)25(2)21-11-26(21,37-24(30)33-25)23(35)34-7-6-16(27)14-34/h1,4-5,9-10,12-13,16,21H,6-8,11,14H2,2H3,(H2,30,33)/b19-10-/t16-,21?,25+,26-/m0/s1. The average molecular weight is 528 g/mol. The Hall–Kier alpha value is -3.52. The van der Waals surface area contributed by atoms with E-state index in [4.69, 9.17) is 16.9 Å². The number of alkyl halides is 1. The van der Waals surface area contributed by atoms with Gasteiger partial charge in [-0.2, -0.15) is 0 Å². The largest absolute Gasteiger partial charge is 0.463 e. The molecule has 4 atom stereocenters. The number of ether oxygens (including phenoxy) is 1. The summed E-state index contributed by atoms with van der Waals surface area (Å²) in [6.07, 6.45) is 8.49. The van der Waals surface area contributed by atoms with Gasteiger partial charge in [-0.3, -0.25) is 9.79 Å². The van der Waals surface area contributed by atoms with Crippen molar-refractivity contribution in [2.24, 2.45) is 16.6 Å². The van der Waals surface area contributed by atoms with Crippen molar-refractivity contribution < 1.29 is 22.7 Å². The lowest BCUT2D eigenvalue weighted by atomic mass is 9.84. The first-order valence-electron chi connectivity index (χ1n) is 11.7. The van der Waals surface area contributed by atoms with E-state index < -0.39 is 28.1 Å². The molecule has 2 aromatic rings. The van der Waals surface area contributed by atoms with Crippen LogP contribution in [0.2, 0.25) is 0 Å². The van der Waals surface area contributed by atoms with Crippen LogP contribution >= 0.6 is 11.8 Å². The molecule has 0 bridgehead atoms. The SMILES string of the molecule is C#CCOc1cnc(/C(F)=C/c2ccc(F)c([C@@]3(C)N=C(N)S[C@@]4(C(=O)N5CC[C@H](F)C5)CC43)c2)cn1. The van der Waals surface area contributed by atoms with Crippen LogP contribution in [0.3, 0.4) is 0 Å². The van der Waals surface area contributed by atoms with Gasteiger partial charge in [-0.1, -0.05) is 23.7 Å². The van der Waals surface area contributed by atoms with Crippen molar-refractivity contribution in [1.82, 2.24) is 14.9 Å². The van der Waals surface area contributed by atoms with Crippen LogP contribution < -0.4 is 10.5 Å². The van der Waals surface area contributed by atoms with E-state index in [1.54, 1.807) is 6.92 Å². The number of amidine groups is 1. The van der Waals surface area contributed by atoms with Crippen molar-refractivity contribution in [3.05, 3.63) is 53.2 Å². The van der Waals surface area contributed by atoms with Crippen molar-refractivity contribution in [2.45, 2.75) is 36.2 Å². The van der Waals surface area contributed by atoms with Gasteiger partial charge in [-0.15, -0.1) is 6.42 Å². The molecule has 3 aliphatic rings. The van der Waals surface area contributed by atoms with Crippen LogP contribution in [-0.2, 0) is 10.3 Å². The van der Waals surface area contributed by atoms with Crippen LogP contribution in [-0.4, -0.2) is 56.6 Å². The van der Waals surface area contributed by atoms with Crippen molar-refractivity contribution in [2.75, 3.05) is 19.7 Å². The predicted octanol–water partition coefficient (Wildman–Crippen LogP) is 3.70. The Kier molecular flexibility index (Phi) is 6.40. The third-order valence-electron chi connectivity index (χ3n) is 7.00. The van der Waals surface area contributed by atoms with Gasteiger partial charge in [-0.25, -0.2) is 23.1 Å². The number of halogens is 3. The Bertz CT molecular complexity index is 1340. The van der Waals surface area contributed by atoms with Gasteiger partial charge in [0, 0.05) is 18.0 Å². The van der Waals surface area contributed by atoms with E-state index in [9.17, 15) is 13.6 Å². The second kappa shape index (κ2) is 9.41. The molecule has 2 fully saturated rings. The quantitative estimate of drug-likeness (QED) is 0.576. The Morgan fingerprint density at radius 3 is 2.89 bits per heavy atom. The summed E-state index contributed by atoms with van der Waals surface area (Å²) in [6, 6.07) is 4.16. The summed E-state index contributed by atoms with van der Waals surface area (Å²) in [5.41, 5.74) is 5.52. The highest BCUT2D eigenvalue weighted by atomic mass is 32.2. The number of benzene rings is 1. The van der Waals surface area contributed by atoms with E-state index in [1.807, 2.05) is 0 Å². The Morgan fingerprint density at radius 2 is 2.22 bits per heavy atom. The van der Waals surface area contributed by atoms with Crippen molar-refractivity contribution >= 4 is 34.7 Å². The number of thioether (sulfide) groups is 1. The zero-order valence-corrected chi connectivity index (χ0v) is 20.8. The van der Waals surface area contributed by atoms with Crippen LogP contribution in [0.15, 0.2) is 35.6 Å². The summed E-state index contributed by atoms with van der Waals surface area (Å²) in [6.45, 7) is 2.13. The Labute approximate surface area is 216 Å². The minimum absolute atomic E-state index is 0.0112. The molecule has 1 saturated heterocycles. The molecular formula is C26H24F3N5O2S. The number of aromatic nitrogens is 2. The molecule has 3 heterocycles. The number of carbonyl (C=O) groups is 1. The minimum atomic E-state index is -1.15. The molecule has 7 nitrogen and oxygen atoms in total. The molecule has 0 spiro atoms. The molecule has 192 valence electrons. The van der Waals surface area contributed by atoms with Crippen LogP contribution in [0.25, 0.3) is 11.9 Å². The monoisotopic (exact) mass is 527 g/mol. The number of rotatable bonds is 6. The number of hydrogen-bond acceptors (Lipinski definition) is 7. The van der Waals surface area contributed by atoms with E-state index in [0.717, 1.165) is 11.8 Å². The second-order valence-electron chi connectivity index (χ2n) is 9.45. The lowest BCUT2D eigenvalue weighted by Crippen LogP contribution is -2.45. The molecule has 2 N–H and O–H groups in total. The van der Waals surface area contributed by atoms with E-state index in [0.29, 0.717) is 24.9 Å². The predicted molar refractivity (Wildman–Crippen MR) is 135 cm³/mol. The first-order valence-corrected chi connectivity index (χ1v) is 12.5. The lowest BCUT2D eigenvalue weighted by molar-refractivity contribution is -0.131. The van der Waals surface area contributed by atoms with Crippen molar-refractivity contribution in [3.63, 3.8) is 0 Å². The normalized spacial score (nSPS) is 28.8. The summed E-state index contributed by atoms with van der Waals surface area (Å²) in [5.74, 6) is 0.692. The molecule has 1 amide bonds. The fourth-order valence-corrected chi connectivity index (χ4v) is 6.54. The summed E-state index contributed by atoms with van der Waals surface area (Å²) in [5, 5.41) is 0.162. The van der Waals surface area contributed by atoms with E-state index in [-0.39, 0.29) is 47.3 Å². The number of nitrogens with zero attached hydrogens (tertiary/aromatic N) is 4. The fraction of sp³-hybridized carbons (Fsp3) is 0.385. The van der Waals surface area contributed by atoms with E-state index >= 15 is 4.39 Å². The number of nitrogens with two attached hydrogens (primary N) is 1. The van der Waals surface area contributed by atoms with Gasteiger partial charge in [0.25, 0.3) is 0 Å². The molecule has 5 rings (SSSR count). The molecule has 1 saturated carbocycles. The number of hydrogen-bond donors (Lipinski definition) is 1. The molecule has 1 aliphatic carbocycles. The van der Waals surface area contributed by atoms with Gasteiger partial charge in [0.15, 0.2) is 17.6 Å². The zero-order valence-electron chi connectivity index (χ0n) is 20.0. The van der Waals surface area contributed by atoms with Gasteiger partial charge in [-0.05, 0) is 43.5 Å². The summed E-state index contributed by atoms with van der Waals surface area (Å²) < 4.78 is 48.1. The van der Waals surface area contributed by atoms with Crippen molar-refractivity contribution in [1.29, 1.82) is 0 Å². The third-order valence-corrected chi connectivity index (χ3v) is 8.29. The number of likely N-dealkylation sites (tertiary alicyclic amines) is 1. The first-order chi connectivity index (χ1) is 17.7. The second-order valence-corrected chi connectivity index (χ2v) is 10.8. The van der Waals surface area contributed by atoms with Crippen LogP contribution in [0.1, 0.15) is 36.6 Å². The maximum absolute atomic E-state index is 15.2. The Balaban J connectivity index is 1.43. The molecule has 0 radical (unpaired) electrons. The van der Waals surface area contributed by atoms with Gasteiger partial charge in [0.1, 0.15) is 22.4 Å². The summed E-state index contributed by atoms with van der Waals surface area (Å²) >= 11 is 1.16. The fourth-order valence-electron chi connectivity index (χ4n) is 5.09. The molecule has 1 aromatic carbocycles. The average Bonchev–Trinajstić information content (AvgIpc) is 3.48. The molecule has 1 aromatic heterocycles. The Morgan fingerprint density at radius 1 is 1.41 bits per heavy atom. The summed E-state index contributed by atoms with van der Waals surface area (Å²) in [7, 11) is 0. The van der Waals surface area contributed by atoms with Crippen LogP contribution in [0, 0.1) is 24.1 Å². The number of aliphatic imine (C=N–C) groups is 1. The van der Waals surface area contributed by atoms with Crippen molar-refractivity contribution in [3.8, 4) is 18.2 Å². The third kappa shape index (κ3) is 4.55. The molecule has 1 unspecified atom stereocenters. The highest BCUT2D eigenvalue weighted by Crippen LogP contribution is 2.66. The lowest BCUT2D eigenvalue weighted by Gasteiger charge is -2.35. The van der Waals surface area contributed by atoms with E-state index in [1.165, 1.54) is 41.6 Å². The van der Waals surface area contributed by atoms with E-state index in [2.05, 4.69) is 20.9 Å².